The standard InChI is InChI=1S/C20H28N6O5S/c27-15-13(9-30-20(32)25-5-2-1-3-6-25)31-19(16(15)28)26-11-23-14-17(21-10-22-18(14)26)24-12-4-7-29-8-12/h10-13,15-16,19,27-28H,1-9H2,(H,21,22,24)/t12-,13-,15-,16?,19?/m1/s1. The second-order valence-electron chi connectivity index (χ2n) is 8.42. The number of imidazole rings is 1. The molecular weight excluding hydrogens is 436 g/mol. The second-order valence-corrected chi connectivity index (χ2v) is 8.77. The summed E-state index contributed by atoms with van der Waals surface area (Å²) in [5.41, 5.74) is 1.07. The van der Waals surface area contributed by atoms with Crippen LogP contribution in [0.25, 0.3) is 11.2 Å². The van der Waals surface area contributed by atoms with Gasteiger partial charge in [0.05, 0.1) is 19.0 Å². The lowest BCUT2D eigenvalue weighted by molar-refractivity contribution is -0.0504. The maximum Gasteiger partial charge on any atom is 0.259 e. The minimum Gasteiger partial charge on any atom is -0.468 e. The quantitative estimate of drug-likeness (QED) is 0.533. The highest BCUT2D eigenvalue weighted by Crippen LogP contribution is 2.32. The number of nitrogens with one attached hydrogen (secondary N) is 1. The molecule has 0 spiro atoms. The van der Waals surface area contributed by atoms with E-state index in [1.807, 2.05) is 4.90 Å². The Morgan fingerprint density at radius 1 is 1.19 bits per heavy atom. The Balaban J connectivity index is 1.27. The van der Waals surface area contributed by atoms with E-state index in [-0.39, 0.29) is 12.6 Å². The summed E-state index contributed by atoms with van der Waals surface area (Å²) in [6, 6.07) is 0.165. The van der Waals surface area contributed by atoms with E-state index in [2.05, 4.69) is 20.3 Å². The third kappa shape index (κ3) is 4.25. The number of hydrogen-bond donors (Lipinski definition) is 3. The van der Waals surface area contributed by atoms with Gasteiger partial charge in [-0.1, -0.05) is 0 Å². The molecule has 3 aliphatic rings. The Labute approximate surface area is 190 Å². The Hall–Kier alpha value is -2.12. The molecule has 5 atom stereocenters. The van der Waals surface area contributed by atoms with Gasteiger partial charge in [-0.05, 0) is 37.9 Å². The highest BCUT2D eigenvalue weighted by Gasteiger charge is 2.45. The summed E-state index contributed by atoms with van der Waals surface area (Å²) in [5, 5.41) is 25.0. The molecule has 0 bridgehead atoms. The van der Waals surface area contributed by atoms with Gasteiger partial charge in [-0.3, -0.25) is 4.57 Å². The lowest BCUT2D eigenvalue weighted by Crippen LogP contribution is -2.39. The van der Waals surface area contributed by atoms with Crippen molar-refractivity contribution < 1.29 is 24.4 Å². The van der Waals surface area contributed by atoms with Crippen LogP contribution in [0.5, 0.6) is 0 Å². The zero-order chi connectivity index (χ0) is 22.1. The third-order valence-electron chi connectivity index (χ3n) is 6.23. The molecule has 0 aromatic carbocycles. The van der Waals surface area contributed by atoms with E-state index < -0.39 is 24.5 Å². The number of fused-ring (bicyclic) bond motifs is 1. The van der Waals surface area contributed by atoms with Gasteiger partial charge >= 0.3 is 0 Å². The van der Waals surface area contributed by atoms with Crippen molar-refractivity contribution in [2.45, 2.75) is 56.3 Å². The third-order valence-corrected chi connectivity index (χ3v) is 6.60. The van der Waals surface area contributed by atoms with Crippen molar-refractivity contribution in [1.29, 1.82) is 0 Å². The number of rotatable bonds is 5. The highest BCUT2D eigenvalue weighted by molar-refractivity contribution is 7.80. The van der Waals surface area contributed by atoms with Crippen LogP contribution in [0.3, 0.4) is 0 Å². The van der Waals surface area contributed by atoms with Crippen LogP contribution in [0.2, 0.25) is 0 Å². The molecule has 11 nitrogen and oxygen atoms in total. The average Bonchev–Trinajstić information content (AvgIpc) is 3.54. The predicted molar refractivity (Wildman–Crippen MR) is 118 cm³/mol. The van der Waals surface area contributed by atoms with Crippen molar-refractivity contribution >= 4 is 34.4 Å². The van der Waals surface area contributed by atoms with Crippen LogP contribution >= 0.6 is 12.2 Å². The first-order chi connectivity index (χ1) is 15.6. The minimum atomic E-state index is -1.17. The van der Waals surface area contributed by atoms with E-state index in [0.717, 1.165) is 32.4 Å². The van der Waals surface area contributed by atoms with Gasteiger partial charge in [0.2, 0.25) is 0 Å². The smallest absolute Gasteiger partial charge is 0.259 e. The summed E-state index contributed by atoms with van der Waals surface area (Å²) in [6.45, 7) is 3.14. The number of anilines is 1. The molecule has 3 saturated heterocycles. The summed E-state index contributed by atoms with van der Waals surface area (Å²) in [5.74, 6) is 0.601. The maximum atomic E-state index is 10.7. The molecule has 2 aromatic heterocycles. The van der Waals surface area contributed by atoms with Crippen molar-refractivity contribution in [2.75, 3.05) is 38.2 Å². The highest BCUT2D eigenvalue weighted by atomic mass is 32.1. The Morgan fingerprint density at radius 2 is 2.03 bits per heavy atom. The van der Waals surface area contributed by atoms with Gasteiger partial charge in [0.15, 0.2) is 23.2 Å². The van der Waals surface area contributed by atoms with E-state index >= 15 is 0 Å². The fraction of sp³-hybridized carbons (Fsp3) is 0.700. The molecule has 32 heavy (non-hydrogen) atoms. The molecule has 0 saturated carbocycles. The molecule has 3 fully saturated rings. The number of hydrogen-bond acceptors (Lipinski definition) is 10. The van der Waals surface area contributed by atoms with Crippen LogP contribution in [0.4, 0.5) is 5.82 Å². The van der Waals surface area contributed by atoms with Crippen molar-refractivity contribution in [3.05, 3.63) is 12.7 Å². The van der Waals surface area contributed by atoms with Crippen LogP contribution in [0.1, 0.15) is 31.9 Å². The molecule has 2 aromatic rings. The number of aliphatic hydroxyl groups excluding tert-OH is 2. The number of aliphatic hydroxyl groups is 2. The van der Waals surface area contributed by atoms with E-state index in [0.29, 0.717) is 35.4 Å². The number of aromatic nitrogens is 4. The predicted octanol–water partition coefficient (Wildman–Crippen LogP) is 0.434. The van der Waals surface area contributed by atoms with Gasteiger partial charge in [-0.25, -0.2) is 15.0 Å². The van der Waals surface area contributed by atoms with Gasteiger partial charge in [-0.2, -0.15) is 0 Å². The molecular formula is C20H28N6O5S. The zero-order valence-electron chi connectivity index (χ0n) is 17.7. The number of thiocarbonyl (C=S) groups is 1. The molecule has 174 valence electrons. The SMILES string of the molecule is OC1C(n2cnc3c(N[C@@H]4CCOC4)ncnc32)O[C@H](COC(=S)N2CCCCC2)[C@H]1O. The largest absolute Gasteiger partial charge is 0.468 e. The van der Waals surface area contributed by atoms with Crippen molar-refractivity contribution in [2.24, 2.45) is 0 Å². The molecule has 3 N–H and O–H groups in total. The zero-order valence-corrected chi connectivity index (χ0v) is 18.5. The van der Waals surface area contributed by atoms with Crippen LogP contribution in [0, 0.1) is 0 Å². The van der Waals surface area contributed by atoms with Crippen molar-refractivity contribution in [3.63, 3.8) is 0 Å². The van der Waals surface area contributed by atoms with E-state index in [4.69, 9.17) is 26.4 Å². The van der Waals surface area contributed by atoms with Crippen LogP contribution in [0.15, 0.2) is 12.7 Å². The molecule has 0 aliphatic carbocycles. The van der Waals surface area contributed by atoms with E-state index in [1.54, 1.807) is 4.57 Å². The van der Waals surface area contributed by atoms with Gasteiger partial charge < -0.3 is 34.6 Å². The first-order valence-corrected chi connectivity index (χ1v) is 11.5. The lowest BCUT2D eigenvalue weighted by atomic mass is 10.1. The second kappa shape index (κ2) is 9.40. The van der Waals surface area contributed by atoms with Crippen molar-refractivity contribution in [1.82, 2.24) is 24.4 Å². The van der Waals surface area contributed by atoms with Crippen LogP contribution in [-0.4, -0.2) is 97.1 Å². The van der Waals surface area contributed by atoms with Gasteiger partial charge in [0, 0.05) is 19.7 Å². The molecule has 2 unspecified atom stereocenters. The molecule has 0 amide bonds. The summed E-state index contributed by atoms with van der Waals surface area (Å²) in [6.07, 6.45) is 3.37. The average molecular weight is 465 g/mol. The molecule has 3 aliphatic heterocycles. The Morgan fingerprint density at radius 3 is 2.81 bits per heavy atom. The Kier molecular flexibility index (Phi) is 6.37. The van der Waals surface area contributed by atoms with E-state index in [9.17, 15) is 10.2 Å². The fourth-order valence-electron chi connectivity index (χ4n) is 4.40. The van der Waals surface area contributed by atoms with Gasteiger partial charge in [0.1, 0.15) is 31.2 Å². The summed E-state index contributed by atoms with van der Waals surface area (Å²) >= 11 is 5.38. The lowest BCUT2D eigenvalue weighted by Gasteiger charge is -2.29. The van der Waals surface area contributed by atoms with E-state index in [1.165, 1.54) is 19.1 Å². The molecule has 5 heterocycles. The first-order valence-electron chi connectivity index (χ1n) is 11.1. The molecule has 12 heteroatoms. The number of nitrogens with zero attached hydrogens (tertiary/aromatic N) is 5. The van der Waals surface area contributed by atoms with Crippen LogP contribution < -0.4 is 5.32 Å². The number of likely N-dealkylation sites (tertiary alicyclic amines) is 1. The summed E-state index contributed by atoms with van der Waals surface area (Å²) in [7, 11) is 0. The Bertz CT molecular complexity index is 948. The molecule has 5 rings (SSSR count). The van der Waals surface area contributed by atoms with Crippen LogP contribution in [-0.2, 0) is 14.2 Å². The first kappa shape index (κ1) is 21.7. The normalized spacial score (nSPS) is 30.7. The topological polar surface area (TPSA) is 127 Å². The minimum absolute atomic E-state index is 0.0557. The maximum absolute atomic E-state index is 10.7. The number of piperidine rings is 1. The fourth-order valence-corrected chi connectivity index (χ4v) is 4.65. The summed E-state index contributed by atoms with van der Waals surface area (Å²) < 4.78 is 18.7. The molecule has 0 radical (unpaired) electrons. The summed E-state index contributed by atoms with van der Waals surface area (Å²) in [4.78, 5) is 15.1. The number of ether oxygens (including phenoxy) is 3. The monoisotopic (exact) mass is 464 g/mol. The van der Waals surface area contributed by atoms with Gasteiger partial charge in [0.25, 0.3) is 5.17 Å². The van der Waals surface area contributed by atoms with Gasteiger partial charge in [-0.15, -0.1) is 0 Å². The van der Waals surface area contributed by atoms with Crippen molar-refractivity contribution in [3.8, 4) is 0 Å².